The summed E-state index contributed by atoms with van der Waals surface area (Å²) in [6.07, 6.45) is 1.99. The number of piperidine rings is 1. The monoisotopic (exact) mass is 468 g/mol. The van der Waals surface area contributed by atoms with Crippen LogP contribution >= 0.6 is 0 Å². The van der Waals surface area contributed by atoms with Crippen LogP contribution in [-0.4, -0.2) is 37.0 Å². The van der Waals surface area contributed by atoms with E-state index in [1.165, 1.54) is 11.1 Å². The van der Waals surface area contributed by atoms with Crippen molar-refractivity contribution < 1.29 is 9.53 Å². The second kappa shape index (κ2) is 11.4. The molecule has 1 amide bonds. The lowest BCUT2D eigenvalue weighted by Crippen LogP contribution is -2.30. The molecule has 182 valence electrons. The van der Waals surface area contributed by atoms with Crippen LogP contribution in [-0.2, 0) is 0 Å². The van der Waals surface area contributed by atoms with E-state index in [0.29, 0.717) is 13.1 Å². The van der Waals surface area contributed by atoms with Gasteiger partial charge >= 0.3 is 0 Å². The third-order valence-corrected chi connectivity index (χ3v) is 6.82. The van der Waals surface area contributed by atoms with Crippen molar-refractivity contribution in [3.05, 3.63) is 100 Å². The Kier molecular flexibility index (Phi) is 8.04. The van der Waals surface area contributed by atoms with E-state index in [4.69, 9.17) is 4.74 Å². The minimum Gasteiger partial charge on any atom is -0.456 e. The highest BCUT2D eigenvalue weighted by Gasteiger charge is 2.21. The van der Waals surface area contributed by atoms with E-state index >= 15 is 0 Å². The first-order valence-corrected chi connectivity index (χ1v) is 12.7. The topological polar surface area (TPSA) is 41.6 Å². The average molecular weight is 469 g/mol. The van der Waals surface area contributed by atoms with E-state index in [1.54, 1.807) is 0 Å². The molecule has 0 unspecified atom stereocenters. The van der Waals surface area contributed by atoms with Gasteiger partial charge in [-0.1, -0.05) is 54.1 Å². The summed E-state index contributed by atoms with van der Waals surface area (Å²) in [7, 11) is 0. The zero-order valence-corrected chi connectivity index (χ0v) is 21.4. The SMILES string of the molecule is CCN(CC)C(=O)c1ccc(C(=C2CCNCC2)c2cccc(C)c2Oc2ccccc2C)cc1. The van der Waals surface area contributed by atoms with Crippen molar-refractivity contribution in [3.63, 3.8) is 0 Å². The number of nitrogens with zero attached hydrogens (tertiary/aromatic N) is 1. The molecule has 4 rings (SSSR count). The molecular weight excluding hydrogens is 432 g/mol. The minimum absolute atomic E-state index is 0.0803. The highest BCUT2D eigenvalue weighted by molar-refractivity contribution is 5.95. The Hall–Kier alpha value is -3.37. The Labute approximate surface area is 209 Å². The van der Waals surface area contributed by atoms with Crippen LogP contribution in [0.1, 0.15) is 59.3 Å². The van der Waals surface area contributed by atoms with Crippen LogP contribution in [0.2, 0.25) is 0 Å². The fourth-order valence-electron chi connectivity index (χ4n) is 4.77. The lowest BCUT2D eigenvalue weighted by atomic mass is 9.87. The molecule has 1 N–H and O–H groups in total. The number of carbonyl (C=O) groups is 1. The molecule has 4 heteroatoms. The van der Waals surface area contributed by atoms with Gasteiger partial charge in [-0.05, 0) is 94.1 Å². The van der Waals surface area contributed by atoms with Gasteiger partial charge in [0.2, 0.25) is 0 Å². The molecule has 3 aromatic rings. The lowest BCUT2D eigenvalue weighted by molar-refractivity contribution is 0.0773. The first-order chi connectivity index (χ1) is 17.0. The van der Waals surface area contributed by atoms with E-state index in [2.05, 4.69) is 55.6 Å². The number of ether oxygens (including phenoxy) is 1. The van der Waals surface area contributed by atoms with Gasteiger partial charge < -0.3 is 15.0 Å². The third-order valence-electron chi connectivity index (χ3n) is 6.82. The molecule has 0 aromatic heterocycles. The number of carbonyl (C=O) groups excluding carboxylic acids is 1. The highest BCUT2D eigenvalue weighted by Crippen LogP contribution is 2.40. The summed E-state index contributed by atoms with van der Waals surface area (Å²) < 4.78 is 6.58. The third kappa shape index (κ3) is 5.49. The van der Waals surface area contributed by atoms with Crippen molar-refractivity contribution in [1.82, 2.24) is 10.2 Å². The van der Waals surface area contributed by atoms with Crippen LogP contribution in [0.4, 0.5) is 0 Å². The van der Waals surface area contributed by atoms with Gasteiger partial charge in [-0.15, -0.1) is 0 Å². The molecule has 0 bridgehead atoms. The molecule has 0 radical (unpaired) electrons. The van der Waals surface area contributed by atoms with Crippen molar-refractivity contribution in [1.29, 1.82) is 0 Å². The van der Waals surface area contributed by atoms with Crippen molar-refractivity contribution in [2.45, 2.75) is 40.5 Å². The summed E-state index contributed by atoms with van der Waals surface area (Å²) in [5.41, 5.74) is 7.81. The fraction of sp³-hybridized carbons (Fsp3) is 0.323. The second-order valence-corrected chi connectivity index (χ2v) is 9.10. The zero-order valence-electron chi connectivity index (χ0n) is 21.4. The molecule has 3 aromatic carbocycles. The predicted octanol–water partition coefficient (Wildman–Crippen LogP) is 6.76. The van der Waals surface area contributed by atoms with Gasteiger partial charge in [-0.3, -0.25) is 4.79 Å². The fourth-order valence-corrected chi connectivity index (χ4v) is 4.77. The van der Waals surface area contributed by atoms with Gasteiger partial charge in [0.25, 0.3) is 5.91 Å². The van der Waals surface area contributed by atoms with Crippen LogP contribution in [0.25, 0.3) is 5.57 Å². The number of benzene rings is 3. The zero-order chi connectivity index (χ0) is 24.8. The Morgan fingerprint density at radius 2 is 1.46 bits per heavy atom. The summed E-state index contributed by atoms with van der Waals surface area (Å²) in [5.74, 6) is 1.85. The summed E-state index contributed by atoms with van der Waals surface area (Å²) in [6, 6.07) is 22.7. The quantitative estimate of drug-likeness (QED) is 0.416. The summed E-state index contributed by atoms with van der Waals surface area (Å²) >= 11 is 0. The van der Waals surface area contributed by atoms with Crippen molar-refractivity contribution in [3.8, 4) is 11.5 Å². The van der Waals surface area contributed by atoms with Crippen LogP contribution in [0.5, 0.6) is 11.5 Å². The lowest BCUT2D eigenvalue weighted by Gasteiger charge is -2.24. The number of rotatable bonds is 7. The molecule has 0 spiro atoms. The van der Waals surface area contributed by atoms with Crippen LogP contribution in [0.3, 0.4) is 0 Å². The normalized spacial score (nSPS) is 13.4. The average Bonchev–Trinajstić information content (AvgIpc) is 2.89. The Balaban J connectivity index is 1.81. The molecule has 0 atom stereocenters. The van der Waals surface area contributed by atoms with Crippen LogP contribution < -0.4 is 10.1 Å². The van der Waals surface area contributed by atoms with Crippen molar-refractivity contribution in [2.24, 2.45) is 0 Å². The number of hydrogen-bond acceptors (Lipinski definition) is 3. The maximum Gasteiger partial charge on any atom is 0.253 e. The standard InChI is InChI=1S/C31H36N2O2/c1-5-33(6-2)31(34)26-16-14-24(15-17-26)29(25-18-20-32-21-19-25)27-12-9-11-23(4)30(27)35-28-13-8-7-10-22(28)3/h7-17,32H,5-6,18-21H2,1-4H3. The molecule has 0 aliphatic carbocycles. The summed E-state index contributed by atoms with van der Waals surface area (Å²) in [6.45, 7) is 11.6. The van der Waals surface area contributed by atoms with Crippen molar-refractivity contribution >= 4 is 11.5 Å². The summed E-state index contributed by atoms with van der Waals surface area (Å²) in [4.78, 5) is 14.7. The van der Waals surface area contributed by atoms with Gasteiger partial charge in [-0.25, -0.2) is 0 Å². The Morgan fingerprint density at radius 3 is 2.11 bits per heavy atom. The smallest absolute Gasteiger partial charge is 0.253 e. The van der Waals surface area contributed by atoms with E-state index in [9.17, 15) is 4.79 Å². The Bertz CT molecular complexity index is 1200. The summed E-state index contributed by atoms with van der Waals surface area (Å²) in [5, 5.41) is 3.48. The molecule has 0 saturated carbocycles. The molecule has 1 aliphatic heterocycles. The molecule has 1 aliphatic rings. The molecule has 1 heterocycles. The molecule has 1 fully saturated rings. The molecular formula is C31H36N2O2. The van der Waals surface area contributed by atoms with E-state index in [1.807, 2.05) is 49.1 Å². The van der Waals surface area contributed by atoms with Gasteiger partial charge in [0.15, 0.2) is 0 Å². The maximum atomic E-state index is 12.9. The largest absolute Gasteiger partial charge is 0.456 e. The predicted molar refractivity (Wildman–Crippen MR) is 144 cm³/mol. The second-order valence-electron chi connectivity index (χ2n) is 9.10. The van der Waals surface area contributed by atoms with Crippen LogP contribution in [0, 0.1) is 13.8 Å². The van der Waals surface area contributed by atoms with Gasteiger partial charge in [0.1, 0.15) is 11.5 Å². The molecule has 1 saturated heterocycles. The number of nitrogens with one attached hydrogen (secondary N) is 1. The number of aryl methyl sites for hydroxylation is 2. The minimum atomic E-state index is 0.0803. The van der Waals surface area contributed by atoms with Crippen molar-refractivity contribution in [2.75, 3.05) is 26.2 Å². The van der Waals surface area contributed by atoms with Crippen LogP contribution in [0.15, 0.2) is 72.3 Å². The number of hydrogen-bond donors (Lipinski definition) is 1. The van der Waals surface area contributed by atoms with Gasteiger partial charge in [0.05, 0.1) is 0 Å². The first kappa shape index (κ1) is 24.7. The van der Waals surface area contributed by atoms with E-state index in [0.717, 1.165) is 65.2 Å². The maximum absolute atomic E-state index is 12.9. The number of para-hydroxylation sites is 2. The highest BCUT2D eigenvalue weighted by atomic mass is 16.5. The molecule has 4 nitrogen and oxygen atoms in total. The van der Waals surface area contributed by atoms with E-state index < -0.39 is 0 Å². The van der Waals surface area contributed by atoms with Gasteiger partial charge in [-0.2, -0.15) is 0 Å². The number of amides is 1. The Morgan fingerprint density at radius 1 is 0.829 bits per heavy atom. The molecule has 35 heavy (non-hydrogen) atoms. The van der Waals surface area contributed by atoms with Gasteiger partial charge in [0, 0.05) is 24.2 Å². The van der Waals surface area contributed by atoms with E-state index in [-0.39, 0.29) is 5.91 Å². The first-order valence-electron chi connectivity index (χ1n) is 12.7.